The van der Waals surface area contributed by atoms with E-state index >= 15 is 0 Å². The van der Waals surface area contributed by atoms with E-state index in [1.807, 2.05) is 6.07 Å². The molecule has 4 rings (SSSR count). The highest BCUT2D eigenvalue weighted by Crippen LogP contribution is 2.49. The summed E-state index contributed by atoms with van der Waals surface area (Å²) in [5.74, 6) is -3.55. The van der Waals surface area contributed by atoms with E-state index in [0.717, 1.165) is 12.1 Å². The SMILES string of the molecule is CCC(F)c1cc(F)cc(C#N)c1Cc1ccc(-c2cnc(C)o2)c2c1CC(F)(F)C2O. The molecule has 8 heteroatoms. The molecule has 1 aliphatic carbocycles. The molecule has 1 N–H and O–H groups in total. The first-order valence-electron chi connectivity index (χ1n) is 10.2. The highest BCUT2D eigenvalue weighted by molar-refractivity contribution is 5.68. The molecule has 0 spiro atoms. The van der Waals surface area contributed by atoms with Crippen LogP contribution in [0.4, 0.5) is 17.6 Å². The van der Waals surface area contributed by atoms with E-state index in [-0.39, 0.29) is 46.4 Å². The Kier molecular flexibility index (Phi) is 5.55. The quantitative estimate of drug-likeness (QED) is 0.498. The molecule has 2 aromatic carbocycles. The van der Waals surface area contributed by atoms with Crippen molar-refractivity contribution in [2.45, 2.75) is 51.3 Å². The number of aromatic nitrogens is 1. The number of benzene rings is 2. The second-order valence-electron chi connectivity index (χ2n) is 7.93. The Balaban J connectivity index is 1.89. The maximum absolute atomic E-state index is 14.6. The molecule has 0 saturated heterocycles. The minimum absolute atomic E-state index is 0.0260. The molecule has 0 saturated carbocycles. The summed E-state index contributed by atoms with van der Waals surface area (Å²) in [7, 11) is 0. The van der Waals surface area contributed by atoms with Crippen LogP contribution in [0.2, 0.25) is 0 Å². The number of rotatable bonds is 5. The van der Waals surface area contributed by atoms with Crippen molar-refractivity contribution >= 4 is 0 Å². The number of hydrogen-bond donors (Lipinski definition) is 1. The summed E-state index contributed by atoms with van der Waals surface area (Å²) in [6.45, 7) is 3.21. The van der Waals surface area contributed by atoms with Gasteiger partial charge < -0.3 is 9.52 Å². The van der Waals surface area contributed by atoms with Gasteiger partial charge in [-0.15, -0.1) is 0 Å². The molecule has 0 fully saturated rings. The van der Waals surface area contributed by atoms with Crippen LogP contribution in [-0.4, -0.2) is 16.0 Å². The van der Waals surface area contributed by atoms with Crippen molar-refractivity contribution in [2.24, 2.45) is 0 Å². The van der Waals surface area contributed by atoms with Gasteiger partial charge in [-0.1, -0.05) is 19.1 Å². The number of aliphatic hydroxyl groups excluding tert-OH is 1. The number of fused-ring (bicyclic) bond motifs is 1. The Hall–Kier alpha value is -3.18. The highest BCUT2D eigenvalue weighted by atomic mass is 19.3. The molecule has 1 heterocycles. The van der Waals surface area contributed by atoms with Gasteiger partial charge in [-0.3, -0.25) is 0 Å². The number of aliphatic hydroxyl groups is 1. The van der Waals surface area contributed by atoms with Crippen molar-refractivity contribution in [3.63, 3.8) is 0 Å². The monoisotopic (exact) mass is 444 g/mol. The number of halogens is 4. The summed E-state index contributed by atoms with van der Waals surface area (Å²) < 4.78 is 63.2. The first-order valence-corrected chi connectivity index (χ1v) is 10.2. The van der Waals surface area contributed by atoms with Gasteiger partial charge in [0.15, 0.2) is 11.7 Å². The summed E-state index contributed by atoms with van der Waals surface area (Å²) in [6.07, 6.45) is -2.87. The summed E-state index contributed by atoms with van der Waals surface area (Å²) in [5.41, 5.74) is 1.16. The molecular formula is C24H20F4N2O2. The van der Waals surface area contributed by atoms with Crippen LogP contribution in [0.3, 0.4) is 0 Å². The second-order valence-corrected chi connectivity index (χ2v) is 7.93. The fraction of sp³-hybridized carbons (Fsp3) is 0.333. The molecule has 2 unspecified atom stereocenters. The number of nitriles is 1. The van der Waals surface area contributed by atoms with E-state index in [0.29, 0.717) is 17.0 Å². The normalized spacial score (nSPS) is 17.8. The lowest BCUT2D eigenvalue weighted by Gasteiger charge is -2.17. The van der Waals surface area contributed by atoms with Crippen molar-refractivity contribution in [3.8, 4) is 17.4 Å². The zero-order chi connectivity index (χ0) is 23.2. The molecule has 4 nitrogen and oxygen atoms in total. The van der Waals surface area contributed by atoms with Gasteiger partial charge in [0.05, 0.1) is 17.8 Å². The minimum Gasteiger partial charge on any atom is -0.441 e. The van der Waals surface area contributed by atoms with Crippen molar-refractivity contribution in [2.75, 3.05) is 0 Å². The average Bonchev–Trinajstić information content (AvgIpc) is 3.29. The maximum Gasteiger partial charge on any atom is 0.281 e. The van der Waals surface area contributed by atoms with Crippen LogP contribution in [0.1, 0.15) is 64.9 Å². The van der Waals surface area contributed by atoms with Gasteiger partial charge >= 0.3 is 0 Å². The number of hydrogen-bond acceptors (Lipinski definition) is 4. The fourth-order valence-corrected chi connectivity index (χ4v) is 4.29. The standard InChI is InChI=1S/C24H20F4N2O2/c1-3-20(26)18-8-15(25)6-14(10-29)17(18)7-13-4-5-16(21-11-30-12(2)32-21)22-19(13)9-24(27,28)23(22)31/h4-6,8,11,20,23,31H,3,7,9H2,1-2H3. The summed E-state index contributed by atoms with van der Waals surface area (Å²) >= 11 is 0. The largest absolute Gasteiger partial charge is 0.441 e. The summed E-state index contributed by atoms with van der Waals surface area (Å²) in [5, 5.41) is 19.9. The van der Waals surface area contributed by atoms with Crippen LogP contribution in [-0.2, 0) is 12.8 Å². The van der Waals surface area contributed by atoms with Crippen molar-refractivity contribution in [1.29, 1.82) is 5.26 Å². The topological polar surface area (TPSA) is 70.0 Å². The molecule has 0 bridgehead atoms. The lowest BCUT2D eigenvalue weighted by atomic mass is 9.88. The van der Waals surface area contributed by atoms with Gasteiger partial charge in [0, 0.05) is 24.5 Å². The third kappa shape index (κ3) is 3.67. The van der Waals surface area contributed by atoms with Gasteiger partial charge in [0.25, 0.3) is 5.92 Å². The van der Waals surface area contributed by atoms with Gasteiger partial charge in [-0.2, -0.15) is 5.26 Å². The molecule has 32 heavy (non-hydrogen) atoms. The summed E-state index contributed by atoms with van der Waals surface area (Å²) in [6, 6.07) is 7.07. The Labute approximate surface area is 182 Å². The second kappa shape index (κ2) is 8.06. The predicted octanol–water partition coefficient (Wildman–Crippen LogP) is 5.90. The molecule has 0 aliphatic heterocycles. The van der Waals surface area contributed by atoms with E-state index in [2.05, 4.69) is 4.98 Å². The summed E-state index contributed by atoms with van der Waals surface area (Å²) in [4.78, 5) is 3.99. The average molecular weight is 444 g/mol. The minimum atomic E-state index is -3.40. The van der Waals surface area contributed by atoms with Gasteiger partial charge in [0.2, 0.25) is 0 Å². The van der Waals surface area contributed by atoms with E-state index in [9.17, 15) is 27.9 Å². The van der Waals surface area contributed by atoms with Crippen molar-refractivity contribution < 1.29 is 27.1 Å². The molecule has 2 atom stereocenters. The van der Waals surface area contributed by atoms with Crippen molar-refractivity contribution in [1.82, 2.24) is 4.98 Å². The first kappa shape index (κ1) is 22.0. The lowest BCUT2D eigenvalue weighted by Crippen LogP contribution is -2.21. The molecule has 1 aromatic heterocycles. The van der Waals surface area contributed by atoms with Crippen LogP contribution in [0.15, 0.2) is 34.9 Å². The third-order valence-electron chi connectivity index (χ3n) is 5.86. The van der Waals surface area contributed by atoms with Crippen LogP contribution in [0, 0.1) is 24.1 Å². The molecule has 0 amide bonds. The number of nitrogens with zero attached hydrogens (tertiary/aromatic N) is 2. The smallest absolute Gasteiger partial charge is 0.281 e. The predicted molar refractivity (Wildman–Crippen MR) is 108 cm³/mol. The van der Waals surface area contributed by atoms with Gasteiger partial charge in [-0.05, 0) is 47.2 Å². The fourth-order valence-electron chi connectivity index (χ4n) is 4.29. The van der Waals surface area contributed by atoms with Gasteiger partial charge in [-0.25, -0.2) is 22.5 Å². The highest BCUT2D eigenvalue weighted by Gasteiger charge is 2.49. The van der Waals surface area contributed by atoms with Gasteiger partial charge in [0.1, 0.15) is 18.1 Å². The Morgan fingerprint density at radius 1 is 1.34 bits per heavy atom. The third-order valence-corrected chi connectivity index (χ3v) is 5.86. The Morgan fingerprint density at radius 3 is 2.72 bits per heavy atom. The van der Waals surface area contributed by atoms with E-state index < -0.39 is 30.4 Å². The van der Waals surface area contributed by atoms with Crippen LogP contribution >= 0.6 is 0 Å². The van der Waals surface area contributed by atoms with Crippen LogP contribution in [0.25, 0.3) is 11.3 Å². The Morgan fingerprint density at radius 2 is 2.09 bits per heavy atom. The molecule has 1 aliphatic rings. The van der Waals surface area contributed by atoms with Crippen LogP contribution < -0.4 is 0 Å². The maximum atomic E-state index is 14.6. The molecular weight excluding hydrogens is 424 g/mol. The molecule has 166 valence electrons. The molecule has 3 aromatic rings. The van der Waals surface area contributed by atoms with E-state index in [1.54, 1.807) is 26.0 Å². The lowest BCUT2D eigenvalue weighted by molar-refractivity contribution is -0.0966. The Bertz CT molecular complexity index is 1230. The van der Waals surface area contributed by atoms with E-state index in [4.69, 9.17) is 4.42 Å². The molecule has 0 radical (unpaired) electrons. The van der Waals surface area contributed by atoms with Crippen molar-refractivity contribution in [3.05, 3.63) is 75.6 Å². The number of aryl methyl sites for hydroxylation is 1. The number of alkyl halides is 3. The zero-order valence-corrected chi connectivity index (χ0v) is 17.4. The first-order chi connectivity index (χ1) is 15.2. The zero-order valence-electron chi connectivity index (χ0n) is 17.4. The van der Waals surface area contributed by atoms with Crippen LogP contribution in [0.5, 0.6) is 0 Å². The number of oxazole rings is 1. The van der Waals surface area contributed by atoms with E-state index in [1.165, 1.54) is 6.20 Å².